The molecule has 100 valence electrons. The lowest BCUT2D eigenvalue weighted by Gasteiger charge is -2.03. The average Bonchev–Trinajstić information content (AvgIpc) is 2.81. The van der Waals surface area contributed by atoms with E-state index in [1.54, 1.807) is 25.1 Å². The Labute approximate surface area is 121 Å². The van der Waals surface area contributed by atoms with Crippen molar-refractivity contribution >= 4 is 16.8 Å². The summed E-state index contributed by atoms with van der Waals surface area (Å²) in [4.78, 5) is 12.8. The van der Waals surface area contributed by atoms with E-state index in [0.29, 0.717) is 22.5 Å². The second-order valence-electron chi connectivity index (χ2n) is 4.49. The molecular weight excluding hydrogens is 252 g/mol. The zero-order chi connectivity index (χ0) is 16.6. The third kappa shape index (κ3) is 1.97. The van der Waals surface area contributed by atoms with Crippen molar-refractivity contribution in [1.82, 2.24) is 0 Å². The molecular formula is C17H14O3. The van der Waals surface area contributed by atoms with Crippen LogP contribution in [0.4, 0.5) is 0 Å². The Balaban J connectivity index is 2.03. The highest BCUT2D eigenvalue weighted by molar-refractivity contribution is 6.16. The van der Waals surface area contributed by atoms with Crippen LogP contribution in [0.25, 0.3) is 11.0 Å². The van der Waals surface area contributed by atoms with Gasteiger partial charge in [-0.15, -0.1) is 0 Å². The van der Waals surface area contributed by atoms with Crippen molar-refractivity contribution in [3.8, 4) is 5.75 Å². The van der Waals surface area contributed by atoms with Crippen molar-refractivity contribution in [3.05, 3.63) is 65.4 Å². The van der Waals surface area contributed by atoms with Crippen LogP contribution in [0.3, 0.4) is 0 Å². The molecule has 2 aromatic carbocycles. The van der Waals surface area contributed by atoms with Gasteiger partial charge in [0.15, 0.2) is 5.78 Å². The number of ether oxygens (including phenoxy) is 1. The smallest absolute Gasteiger partial charge is 0.197 e. The van der Waals surface area contributed by atoms with E-state index in [1.165, 1.54) is 12.1 Å². The van der Waals surface area contributed by atoms with Crippen LogP contribution < -0.4 is 4.74 Å². The van der Waals surface area contributed by atoms with Gasteiger partial charge in [-0.05, 0) is 25.1 Å². The van der Waals surface area contributed by atoms with Gasteiger partial charge in [-0.3, -0.25) is 4.79 Å². The van der Waals surface area contributed by atoms with Crippen LogP contribution in [0.2, 0.25) is 0 Å². The fourth-order valence-corrected chi connectivity index (χ4v) is 2.30. The van der Waals surface area contributed by atoms with Crippen LogP contribution in [0.1, 0.15) is 25.8 Å². The number of para-hydroxylation sites is 1. The number of methoxy groups -OCH3 is 1. The minimum atomic E-state index is -2.56. The van der Waals surface area contributed by atoms with Crippen molar-refractivity contribution in [2.24, 2.45) is 0 Å². The lowest BCUT2D eigenvalue weighted by molar-refractivity contribution is 0.103. The van der Waals surface area contributed by atoms with Crippen molar-refractivity contribution in [2.75, 3.05) is 7.04 Å². The molecule has 3 nitrogen and oxygen atoms in total. The van der Waals surface area contributed by atoms with E-state index in [0.717, 1.165) is 5.39 Å². The minimum Gasteiger partial charge on any atom is -0.497 e. The fraction of sp³-hybridized carbons (Fsp3) is 0.118. The molecule has 20 heavy (non-hydrogen) atoms. The Morgan fingerprint density at radius 2 is 2.05 bits per heavy atom. The standard InChI is InChI=1S/C17H14O3/c1-11-16(14-8-3-4-9-15(14)20-11)17(18)12-6-5-7-13(10-12)19-2/h3-10H,1-2H3/i2D3. The molecule has 1 heterocycles. The van der Waals surface area contributed by atoms with Crippen LogP contribution in [0, 0.1) is 6.92 Å². The first kappa shape index (κ1) is 9.37. The number of ketones is 1. The van der Waals surface area contributed by atoms with E-state index in [4.69, 9.17) is 13.3 Å². The zero-order valence-corrected chi connectivity index (χ0v) is 10.8. The highest BCUT2D eigenvalue weighted by atomic mass is 16.5. The molecule has 0 radical (unpaired) electrons. The fourth-order valence-electron chi connectivity index (χ4n) is 2.30. The molecule has 0 saturated carbocycles. The maximum Gasteiger partial charge on any atom is 0.197 e. The Bertz CT molecular complexity index is 878. The predicted octanol–water partition coefficient (Wildman–Crippen LogP) is 3.98. The number of aryl methyl sites for hydroxylation is 1. The predicted molar refractivity (Wildman–Crippen MR) is 77.4 cm³/mol. The number of hydrogen-bond acceptors (Lipinski definition) is 3. The first-order valence-electron chi connectivity index (χ1n) is 7.67. The van der Waals surface area contributed by atoms with Crippen LogP contribution in [-0.4, -0.2) is 12.8 Å². The zero-order valence-electron chi connectivity index (χ0n) is 13.8. The van der Waals surface area contributed by atoms with Gasteiger partial charge in [-0.2, -0.15) is 0 Å². The molecule has 0 spiro atoms. The number of carbonyl (C=O) groups excluding carboxylic acids is 1. The molecule has 0 amide bonds. The Morgan fingerprint density at radius 1 is 1.20 bits per heavy atom. The number of hydrogen-bond donors (Lipinski definition) is 0. The molecule has 0 aliphatic carbocycles. The summed E-state index contributed by atoms with van der Waals surface area (Å²) in [5, 5.41) is 0.733. The maximum atomic E-state index is 12.8. The van der Waals surface area contributed by atoms with E-state index in [2.05, 4.69) is 0 Å². The van der Waals surface area contributed by atoms with Crippen molar-refractivity contribution in [2.45, 2.75) is 6.92 Å². The molecule has 0 saturated heterocycles. The summed E-state index contributed by atoms with van der Waals surface area (Å²) in [6.07, 6.45) is 0. The number of furan rings is 1. The molecule has 0 aliphatic heterocycles. The van der Waals surface area contributed by atoms with Crippen molar-refractivity contribution in [3.63, 3.8) is 0 Å². The second-order valence-corrected chi connectivity index (χ2v) is 4.49. The van der Waals surface area contributed by atoms with Crippen LogP contribution in [0.5, 0.6) is 5.75 Å². The van der Waals surface area contributed by atoms with Crippen LogP contribution >= 0.6 is 0 Å². The summed E-state index contributed by atoms with van der Waals surface area (Å²) < 4.78 is 31.9. The SMILES string of the molecule is [2H]C([2H])([2H])Oc1cccc(C(=O)c2c(C)oc3ccccc23)c1. The largest absolute Gasteiger partial charge is 0.497 e. The van der Waals surface area contributed by atoms with Gasteiger partial charge in [0.25, 0.3) is 0 Å². The van der Waals surface area contributed by atoms with Gasteiger partial charge in [0, 0.05) is 10.9 Å². The minimum absolute atomic E-state index is 0.126. The number of fused-ring (bicyclic) bond motifs is 1. The first-order chi connectivity index (χ1) is 10.8. The monoisotopic (exact) mass is 269 g/mol. The van der Waals surface area contributed by atoms with Crippen LogP contribution in [-0.2, 0) is 0 Å². The molecule has 0 atom stereocenters. The van der Waals surface area contributed by atoms with E-state index >= 15 is 0 Å². The summed E-state index contributed by atoms with van der Waals surface area (Å²) in [6, 6.07) is 13.4. The summed E-state index contributed by atoms with van der Waals surface area (Å²) in [7, 11) is -2.56. The highest BCUT2D eigenvalue weighted by Crippen LogP contribution is 2.28. The summed E-state index contributed by atoms with van der Waals surface area (Å²) in [6.45, 7) is 1.73. The third-order valence-corrected chi connectivity index (χ3v) is 3.21. The summed E-state index contributed by atoms with van der Waals surface area (Å²) in [5.41, 5.74) is 1.47. The highest BCUT2D eigenvalue weighted by Gasteiger charge is 2.19. The van der Waals surface area contributed by atoms with Crippen molar-refractivity contribution in [1.29, 1.82) is 0 Å². The van der Waals surface area contributed by atoms with Gasteiger partial charge >= 0.3 is 0 Å². The number of benzene rings is 2. The topological polar surface area (TPSA) is 39.4 Å². The van der Waals surface area contributed by atoms with Gasteiger partial charge < -0.3 is 9.15 Å². The van der Waals surface area contributed by atoms with E-state index < -0.39 is 7.04 Å². The molecule has 3 rings (SSSR count). The lowest BCUT2D eigenvalue weighted by Crippen LogP contribution is -2.02. The molecule has 0 fully saturated rings. The van der Waals surface area contributed by atoms with Crippen LogP contribution in [0.15, 0.2) is 52.9 Å². The normalized spacial score (nSPS) is 13.6. The Morgan fingerprint density at radius 3 is 2.90 bits per heavy atom. The summed E-state index contributed by atoms with van der Waals surface area (Å²) >= 11 is 0. The molecule has 3 heteroatoms. The Kier molecular flexibility index (Phi) is 2.27. The summed E-state index contributed by atoms with van der Waals surface area (Å²) in [5.74, 6) is 0.420. The van der Waals surface area contributed by atoms with Crippen molar-refractivity contribution < 1.29 is 18.1 Å². The quantitative estimate of drug-likeness (QED) is 0.675. The first-order valence-corrected chi connectivity index (χ1v) is 6.17. The lowest BCUT2D eigenvalue weighted by atomic mass is 10.0. The van der Waals surface area contributed by atoms with E-state index in [-0.39, 0.29) is 11.5 Å². The Hall–Kier alpha value is -2.55. The van der Waals surface area contributed by atoms with Gasteiger partial charge in [0.2, 0.25) is 0 Å². The molecule has 0 unspecified atom stereocenters. The molecule has 0 aliphatic rings. The third-order valence-electron chi connectivity index (χ3n) is 3.21. The molecule has 3 aromatic rings. The maximum absolute atomic E-state index is 12.8. The van der Waals surface area contributed by atoms with Gasteiger partial charge in [0.1, 0.15) is 17.1 Å². The average molecular weight is 269 g/mol. The molecule has 1 aromatic heterocycles. The van der Waals surface area contributed by atoms with E-state index in [9.17, 15) is 4.79 Å². The number of carbonyl (C=O) groups is 1. The second kappa shape index (κ2) is 4.85. The van der Waals surface area contributed by atoms with Gasteiger partial charge in [-0.25, -0.2) is 0 Å². The van der Waals surface area contributed by atoms with Gasteiger partial charge in [0.05, 0.1) is 16.7 Å². The molecule has 0 bridgehead atoms. The van der Waals surface area contributed by atoms with E-state index in [1.807, 2.05) is 18.2 Å². The number of rotatable bonds is 3. The van der Waals surface area contributed by atoms with Gasteiger partial charge in [-0.1, -0.05) is 30.3 Å². The molecule has 0 N–H and O–H groups in total.